The first kappa shape index (κ1) is 26.4. The van der Waals surface area contributed by atoms with Gasteiger partial charge in [-0.1, -0.05) is 36.4 Å². The molecule has 1 amide bonds. The molecule has 2 atom stereocenters. The molecule has 3 aliphatic heterocycles. The van der Waals surface area contributed by atoms with Crippen LogP contribution in [0.25, 0.3) is 11.1 Å². The van der Waals surface area contributed by atoms with Crippen molar-refractivity contribution < 1.29 is 23.1 Å². The summed E-state index contributed by atoms with van der Waals surface area (Å²) in [5.41, 5.74) is 1.27. The van der Waals surface area contributed by atoms with E-state index in [0.717, 1.165) is 40.1 Å². The molecule has 0 aliphatic carbocycles. The third-order valence-corrected chi connectivity index (χ3v) is 10.7. The number of rotatable bonds is 3. The van der Waals surface area contributed by atoms with E-state index in [-0.39, 0.29) is 36.1 Å². The van der Waals surface area contributed by atoms with Gasteiger partial charge in [-0.3, -0.25) is 9.69 Å². The number of nitrogens with one attached hydrogen (secondary N) is 1. The van der Waals surface area contributed by atoms with Crippen LogP contribution in [0.4, 0.5) is 0 Å². The molecule has 0 unspecified atom stereocenters. The van der Waals surface area contributed by atoms with Crippen LogP contribution in [0, 0.1) is 0 Å². The zero-order chi connectivity index (χ0) is 27.0. The second-order valence-corrected chi connectivity index (χ2v) is 13.4. The standard InChI is InChI=1S/C28H32N4O5S2/c33-22-17-23-27(34)30-28(8-12-31(13-9-28)19-26-29-11-15-38-26)10-14-37-24-16-21(20-4-2-1-3-5-20)6-7-25(24)39(35,36)32(23)18-22/h1-7,11,15-16,22-23,33H,8-10,12-14,17-19H2,(H,30,34)/t22-,23+/m1/s1. The van der Waals surface area contributed by atoms with E-state index in [2.05, 4.69) is 15.2 Å². The largest absolute Gasteiger partial charge is 0.492 e. The second-order valence-electron chi connectivity index (χ2n) is 10.6. The van der Waals surface area contributed by atoms with E-state index < -0.39 is 27.7 Å². The molecule has 2 saturated heterocycles. The first-order chi connectivity index (χ1) is 18.8. The second kappa shape index (κ2) is 10.6. The Balaban J connectivity index is 1.32. The first-order valence-corrected chi connectivity index (χ1v) is 15.6. The number of benzene rings is 2. The average molecular weight is 569 g/mol. The summed E-state index contributed by atoms with van der Waals surface area (Å²) in [5.74, 6) is -0.0879. The summed E-state index contributed by atoms with van der Waals surface area (Å²) >= 11 is 1.63. The Hall–Kier alpha value is -2.83. The first-order valence-electron chi connectivity index (χ1n) is 13.3. The van der Waals surface area contributed by atoms with Crippen molar-refractivity contribution in [3.05, 3.63) is 65.1 Å². The van der Waals surface area contributed by atoms with E-state index in [1.807, 2.05) is 41.9 Å². The molecule has 2 aromatic carbocycles. The van der Waals surface area contributed by atoms with Gasteiger partial charge in [0.05, 0.1) is 19.3 Å². The van der Waals surface area contributed by atoms with Crippen molar-refractivity contribution in [1.82, 2.24) is 19.5 Å². The highest BCUT2D eigenvalue weighted by molar-refractivity contribution is 7.89. The van der Waals surface area contributed by atoms with Crippen LogP contribution in [0.2, 0.25) is 0 Å². The van der Waals surface area contributed by atoms with Crippen molar-refractivity contribution in [2.24, 2.45) is 0 Å². The lowest BCUT2D eigenvalue weighted by atomic mass is 9.84. The number of aromatic nitrogens is 1. The number of carbonyl (C=O) groups excluding carboxylic acids is 1. The quantitative estimate of drug-likeness (QED) is 0.500. The van der Waals surface area contributed by atoms with E-state index in [0.29, 0.717) is 19.3 Å². The Morgan fingerprint density at radius 3 is 2.64 bits per heavy atom. The fourth-order valence-corrected chi connectivity index (χ4v) is 8.27. The Bertz CT molecular complexity index is 1420. The molecule has 0 bridgehead atoms. The molecule has 4 heterocycles. The predicted octanol–water partition coefficient (Wildman–Crippen LogP) is 2.87. The van der Waals surface area contributed by atoms with Gasteiger partial charge in [0.25, 0.3) is 0 Å². The van der Waals surface area contributed by atoms with E-state index in [4.69, 9.17) is 4.74 Å². The minimum absolute atomic E-state index is 0.0169. The van der Waals surface area contributed by atoms with Crippen LogP contribution < -0.4 is 10.1 Å². The smallest absolute Gasteiger partial charge is 0.247 e. The summed E-state index contributed by atoms with van der Waals surface area (Å²) < 4.78 is 35.1. The number of amides is 1. The normalized spacial score (nSPS) is 25.2. The van der Waals surface area contributed by atoms with Crippen molar-refractivity contribution in [1.29, 1.82) is 0 Å². The summed E-state index contributed by atoms with van der Waals surface area (Å²) in [7, 11) is -4.11. The van der Waals surface area contributed by atoms with Gasteiger partial charge in [0.2, 0.25) is 15.9 Å². The molecule has 39 heavy (non-hydrogen) atoms. The van der Waals surface area contributed by atoms with Gasteiger partial charge in [0, 0.05) is 49.6 Å². The van der Waals surface area contributed by atoms with E-state index in [9.17, 15) is 18.3 Å². The van der Waals surface area contributed by atoms with Gasteiger partial charge in [-0.2, -0.15) is 4.31 Å². The monoisotopic (exact) mass is 568 g/mol. The third-order valence-electron chi connectivity index (χ3n) is 8.06. The summed E-state index contributed by atoms with van der Waals surface area (Å²) in [5, 5.41) is 16.7. The Labute approximate surface area is 232 Å². The van der Waals surface area contributed by atoms with Crippen LogP contribution in [-0.2, 0) is 21.4 Å². The molecular formula is C28H32N4O5S2. The minimum atomic E-state index is -4.11. The molecular weight excluding hydrogens is 536 g/mol. The van der Waals surface area contributed by atoms with Gasteiger partial charge in [0.15, 0.2) is 0 Å². The minimum Gasteiger partial charge on any atom is -0.492 e. The van der Waals surface area contributed by atoms with Crippen molar-refractivity contribution >= 4 is 27.3 Å². The molecule has 1 spiro atoms. The number of piperidine rings is 1. The zero-order valence-corrected chi connectivity index (χ0v) is 23.2. The van der Waals surface area contributed by atoms with Crippen molar-refractivity contribution in [2.75, 3.05) is 26.2 Å². The number of nitrogens with zero attached hydrogens (tertiary/aromatic N) is 3. The molecule has 2 N–H and O–H groups in total. The SMILES string of the molecule is O=C1NC2(CCOc3cc(-c4ccccc4)ccc3S(=O)(=O)N3C[C@H](O)C[C@@H]13)CCN(Cc1nccs1)CC2. The molecule has 2 fully saturated rings. The number of ether oxygens (including phenoxy) is 1. The average Bonchev–Trinajstić information content (AvgIpc) is 3.60. The summed E-state index contributed by atoms with van der Waals surface area (Å²) in [6.45, 7) is 2.47. The number of fused-ring (bicyclic) bond motifs is 2. The van der Waals surface area contributed by atoms with Gasteiger partial charge in [-0.15, -0.1) is 11.3 Å². The molecule has 0 radical (unpaired) electrons. The predicted molar refractivity (Wildman–Crippen MR) is 148 cm³/mol. The molecule has 11 heteroatoms. The molecule has 6 rings (SSSR count). The van der Waals surface area contributed by atoms with Crippen molar-refractivity contribution in [2.45, 2.75) is 54.8 Å². The van der Waals surface area contributed by atoms with Crippen LogP contribution in [0.3, 0.4) is 0 Å². The maximum Gasteiger partial charge on any atom is 0.247 e. The van der Waals surface area contributed by atoms with Crippen LogP contribution >= 0.6 is 11.3 Å². The van der Waals surface area contributed by atoms with E-state index >= 15 is 0 Å². The van der Waals surface area contributed by atoms with E-state index in [1.165, 1.54) is 0 Å². The fourth-order valence-electron chi connectivity index (χ4n) is 5.86. The van der Waals surface area contributed by atoms with Crippen molar-refractivity contribution in [3.8, 4) is 16.9 Å². The van der Waals surface area contributed by atoms with Gasteiger partial charge < -0.3 is 15.2 Å². The molecule has 0 saturated carbocycles. The highest BCUT2D eigenvalue weighted by atomic mass is 32.2. The van der Waals surface area contributed by atoms with Gasteiger partial charge in [-0.25, -0.2) is 13.4 Å². The number of sulfonamides is 1. The maximum absolute atomic E-state index is 13.9. The van der Waals surface area contributed by atoms with Gasteiger partial charge in [-0.05, 0) is 36.1 Å². The molecule has 3 aromatic rings. The maximum atomic E-state index is 13.9. The number of hydrogen-bond donors (Lipinski definition) is 2. The molecule has 9 nitrogen and oxygen atoms in total. The Kier molecular flexibility index (Phi) is 7.19. The Morgan fingerprint density at radius 2 is 1.90 bits per heavy atom. The fraction of sp³-hybridized carbons (Fsp3) is 0.429. The van der Waals surface area contributed by atoms with Crippen LogP contribution in [0.15, 0.2) is 65.0 Å². The number of thiazole rings is 1. The number of hydrogen-bond acceptors (Lipinski definition) is 8. The Morgan fingerprint density at radius 1 is 1.10 bits per heavy atom. The third kappa shape index (κ3) is 5.33. The molecule has 1 aromatic heterocycles. The lowest BCUT2D eigenvalue weighted by Gasteiger charge is -2.43. The van der Waals surface area contributed by atoms with Crippen LogP contribution in [-0.4, -0.2) is 77.5 Å². The lowest BCUT2D eigenvalue weighted by Crippen LogP contribution is -2.59. The topological polar surface area (TPSA) is 112 Å². The highest BCUT2D eigenvalue weighted by Gasteiger charge is 2.47. The molecule has 3 aliphatic rings. The number of aliphatic hydroxyl groups is 1. The van der Waals surface area contributed by atoms with Crippen molar-refractivity contribution in [3.63, 3.8) is 0 Å². The summed E-state index contributed by atoms with van der Waals surface area (Å²) in [4.78, 5) is 20.4. The van der Waals surface area contributed by atoms with Gasteiger partial charge in [0.1, 0.15) is 21.7 Å². The molecule has 206 valence electrons. The highest BCUT2D eigenvalue weighted by Crippen LogP contribution is 2.37. The van der Waals surface area contributed by atoms with Crippen LogP contribution in [0.1, 0.15) is 30.7 Å². The van der Waals surface area contributed by atoms with E-state index in [1.54, 1.807) is 29.5 Å². The number of aliphatic hydroxyl groups excluding tert-OH is 1. The number of carbonyl (C=O) groups is 1. The summed E-state index contributed by atoms with van der Waals surface area (Å²) in [6, 6.07) is 13.8. The summed E-state index contributed by atoms with van der Waals surface area (Å²) in [6.07, 6.45) is 2.94. The number of likely N-dealkylation sites (tertiary alicyclic amines) is 1. The van der Waals surface area contributed by atoms with Gasteiger partial charge >= 0.3 is 0 Å². The lowest BCUT2D eigenvalue weighted by molar-refractivity contribution is -0.127. The van der Waals surface area contributed by atoms with Crippen LogP contribution in [0.5, 0.6) is 5.75 Å². The zero-order valence-electron chi connectivity index (χ0n) is 21.5.